The van der Waals surface area contributed by atoms with Gasteiger partial charge in [-0.2, -0.15) is 0 Å². The van der Waals surface area contributed by atoms with Gasteiger partial charge in [-0.25, -0.2) is 8.42 Å². The van der Waals surface area contributed by atoms with E-state index >= 15 is 0 Å². The number of carbonyl (C=O) groups excluding carboxylic acids is 2. The summed E-state index contributed by atoms with van der Waals surface area (Å²) in [5.41, 5.74) is 1.30. The minimum absolute atomic E-state index is 0.237. The highest BCUT2D eigenvalue weighted by atomic mass is 35.5. The fourth-order valence-electron chi connectivity index (χ4n) is 2.21. The van der Waals surface area contributed by atoms with Gasteiger partial charge in [-0.1, -0.05) is 17.7 Å². The fourth-order valence-corrected chi connectivity index (χ4v) is 3.26. The molecule has 2 amide bonds. The monoisotopic (exact) mass is 395 g/mol. The average molecular weight is 396 g/mol. The van der Waals surface area contributed by atoms with Crippen LogP contribution in [0.15, 0.2) is 48.5 Å². The molecule has 0 aliphatic rings. The van der Waals surface area contributed by atoms with Crippen molar-refractivity contribution in [3.05, 3.63) is 53.6 Å². The van der Waals surface area contributed by atoms with Crippen LogP contribution < -0.4 is 14.9 Å². The predicted octanol–water partition coefficient (Wildman–Crippen LogP) is 2.70. The van der Waals surface area contributed by atoms with Crippen LogP contribution in [-0.2, 0) is 19.6 Å². The minimum atomic E-state index is -3.69. The Balaban J connectivity index is 2.17. The first kappa shape index (κ1) is 19.7. The number of benzene rings is 2. The summed E-state index contributed by atoms with van der Waals surface area (Å²) in [5.74, 6) is -0.748. The van der Waals surface area contributed by atoms with E-state index in [9.17, 15) is 18.0 Å². The van der Waals surface area contributed by atoms with Gasteiger partial charge in [-0.3, -0.25) is 13.9 Å². The number of nitrogens with one attached hydrogen (secondary N) is 2. The van der Waals surface area contributed by atoms with Crippen molar-refractivity contribution < 1.29 is 18.0 Å². The zero-order valence-corrected chi connectivity index (χ0v) is 15.8. The van der Waals surface area contributed by atoms with Gasteiger partial charge in [0, 0.05) is 23.3 Å². The minimum Gasteiger partial charge on any atom is -0.326 e. The summed E-state index contributed by atoms with van der Waals surface area (Å²) in [4.78, 5) is 23.3. The summed E-state index contributed by atoms with van der Waals surface area (Å²) in [6, 6.07) is 12.7. The summed E-state index contributed by atoms with van der Waals surface area (Å²) in [6.07, 6.45) is 1.02. The van der Waals surface area contributed by atoms with Crippen molar-refractivity contribution in [2.24, 2.45) is 0 Å². The van der Waals surface area contributed by atoms with E-state index in [1.165, 1.54) is 19.1 Å². The molecule has 2 N–H and O–H groups in total. The number of anilines is 3. The molecule has 0 heterocycles. The van der Waals surface area contributed by atoms with Crippen molar-refractivity contribution in [2.75, 3.05) is 27.7 Å². The van der Waals surface area contributed by atoms with E-state index in [2.05, 4.69) is 10.6 Å². The number of hydrogen-bond donors (Lipinski definition) is 2. The molecule has 0 radical (unpaired) electrons. The first-order valence-corrected chi connectivity index (χ1v) is 9.78. The molecular weight excluding hydrogens is 378 g/mol. The van der Waals surface area contributed by atoms with Crippen LogP contribution in [0.3, 0.4) is 0 Å². The molecule has 0 aliphatic carbocycles. The first-order chi connectivity index (χ1) is 12.1. The molecule has 2 rings (SSSR count). The molecule has 0 aliphatic heterocycles. The van der Waals surface area contributed by atoms with Gasteiger partial charge in [0.2, 0.25) is 21.8 Å². The topological polar surface area (TPSA) is 95.6 Å². The molecule has 7 nitrogen and oxygen atoms in total. The molecule has 0 unspecified atom stereocenters. The van der Waals surface area contributed by atoms with Crippen LogP contribution in [0.4, 0.5) is 17.1 Å². The fraction of sp³-hybridized carbons (Fsp3) is 0.176. The number of sulfonamides is 1. The van der Waals surface area contributed by atoms with Crippen molar-refractivity contribution in [1.29, 1.82) is 0 Å². The van der Waals surface area contributed by atoms with E-state index in [4.69, 9.17) is 11.6 Å². The highest BCUT2D eigenvalue weighted by Gasteiger charge is 2.21. The van der Waals surface area contributed by atoms with Crippen LogP contribution >= 0.6 is 11.6 Å². The molecule has 26 heavy (non-hydrogen) atoms. The van der Waals surface area contributed by atoms with E-state index < -0.39 is 22.5 Å². The lowest BCUT2D eigenvalue weighted by molar-refractivity contribution is -0.115. The number of carbonyl (C=O) groups is 2. The lowest BCUT2D eigenvalue weighted by atomic mass is 10.2. The SMILES string of the molecule is CC(=O)Nc1ccc(N(CC(=O)Nc2cccc(Cl)c2)S(C)(=O)=O)cc1. The molecule has 0 aromatic heterocycles. The third-order valence-electron chi connectivity index (χ3n) is 3.27. The van der Waals surface area contributed by atoms with Gasteiger partial charge in [-0.05, 0) is 42.5 Å². The second-order valence-electron chi connectivity index (χ2n) is 5.56. The Morgan fingerprint density at radius 2 is 1.69 bits per heavy atom. The second kappa shape index (κ2) is 8.20. The molecule has 9 heteroatoms. The van der Waals surface area contributed by atoms with E-state index in [0.717, 1.165) is 10.6 Å². The molecule has 0 fully saturated rings. The van der Waals surface area contributed by atoms with E-state index in [1.807, 2.05) is 0 Å². The van der Waals surface area contributed by atoms with Crippen LogP contribution in [0.2, 0.25) is 5.02 Å². The van der Waals surface area contributed by atoms with Gasteiger partial charge < -0.3 is 10.6 Å². The van der Waals surface area contributed by atoms with Gasteiger partial charge in [0.05, 0.1) is 11.9 Å². The molecule has 0 atom stereocenters. The molecule has 0 saturated heterocycles. The lowest BCUT2D eigenvalue weighted by Crippen LogP contribution is -2.37. The van der Waals surface area contributed by atoms with Gasteiger partial charge >= 0.3 is 0 Å². The Morgan fingerprint density at radius 1 is 1.04 bits per heavy atom. The number of halogens is 1. The van der Waals surface area contributed by atoms with E-state index in [0.29, 0.717) is 22.1 Å². The van der Waals surface area contributed by atoms with Crippen LogP contribution in [0.5, 0.6) is 0 Å². The number of rotatable bonds is 6. The standard InChI is InChI=1S/C17H18ClN3O4S/c1-12(22)19-14-6-8-16(9-7-14)21(26(2,24)25)11-17(23)20-15-5-3-4-13(18)10-15/h3-10H,11H2,1-2H3,(H,19,22)(H,20,23). The first-order valence-electron chi connectivity index (χ1n) is 7.56. The predicted molar refractivity (Wildman–Crippen MR) is 103 cm³/mol. The molecule has 2 aromatic rings. The van der Waals surface area contributed by atoms with Crippen molar-refractivity contribution in [2.45, 2.75) is 6.92 Å². The maximum absolute atomic E-state index is 12.2. The largest absolute Gasteiger partial charge is 0.326 e. The summed E-state index contributed by atoms with van der Waals surface area (Å²) in [7, 11) is -3.69. The van der Waals surface area contributed by atoms with Crippen LogP contribution in [0.25, 0.3) is 0 Å². The van der Waals surface area contributed by atoms with Crippen LogP contribution in [0, 0.1) is 0 Å². The number of amides is 2. The number of nitrogens with zero attached hydrogens (tertiary/aromatic N) is 1. The van der Waals surface area contributed by atoms with E-state index in [1.54, 1.807) is 36.4 Å². The van der Waals surface area contributed by atoms with E-state index in [-0.39, 0.29) is 5.91 Å². The van der Waals surface area contributed by atoms with Crippen molar-refractivity contribution in [3.8, 4) is 0 Å². The smallest absolute Gasteiger partial charge is 0.245 e. The molecule has 0 bridgehead atoms. The molecule has 138 valence electrons. The Hall–Kier alpha value is -2.58. The summed E-state index contributed by atoms with van der Waals surface area (Å²) < 4.78 is 25.2. The molecule has 0 saturated carbocycles. The molecular formula is C17H18ClN3O4S. The highest BCUT2D eigenvalue weighted by molar-refractivity contribution is 7.92. The van der Waals surface area contributed by atoms with Crippen molar-refractivity contribution in [3.63, 3.8) is 0 Å². The third kappa shape index (κ3) is 5.75. The Labute approximate surface area is 157 Å². The Bertz CT molecular complexity index is 914. The summed E-state index contributed by atoms with van der Waals surface area (Å²) in [6.45, 7) is 0.974. The van der Waals surface area contributed by atoms with Crippen LogP contribution in [-0.4, -0.2) is 33.0 Å². The maximum Gasteiger partial charge on any atom is 0.245 e. The molecule has 0 spiro atoms. The van der Waals surface area contributed by atoms with Crippen molar-refractivity contribution in [1.82, 2.24) is 0 Å². The maximum atomic E-state index is 12.2. The Kier molecular flexibility index (Phi) is 6.23. The molecule has 2 aromatic carbocycles. The average Bonchev–Trinajstić information content (AvgIpc) is 2.52. The summed E-state index contributed by atoms with van der Waals surface area (Å²) >= 11 is 5.87. The zero-order valence-electron chi connectivity index (χ0n) is 14.2. The van der Waals surface area contributed by atoms with Gasteiger partial charge in [0.15, 0.2) is 0 Å². The summed E-state index contributed by atoms with van der Waals surface area (Å²) in [5, 5.41) is 5.65. The van der Waals surface area contributed by atoms with Crippen LogP contribution in [0.1, 0.15) is 6.92 Å². The third-order valence-corrected chi connectivity index (χ3v) is 4.65. The quantitative estimate of drug-likeness (QED) is 0.786. The highest BCUT2D eigenvalue weighted by Crippen LogP contribution is 2.21. The van der Waals surface area contributed by atoms with Crippen molar-refractivity contribution >= 4 is 50.5 Å². The normalized spacial score (nSPS) is 10.9. The second-order valence-corrected chi connectivity index (χ2v) is 7.90. The van der Waals surface area contributed by atoms with Gasteiger partial charge in [0.1, 0.15) is 6.54 Å². The van der Waals surface area contributed by atoms with Gasteiger partial charge in [0.25, 0.3) is 0 Å². The van der Waals surface area contributed by atoms with Gasteiger partial charge in [-0.15, -0.1) is 0 Å². The lowest BCUT2D eigenvalue weighted by Gasteiger charge is -2.22. The number of hydrogen-bond acceptors (Lipinski definition) is 4. The zero-order chi connectivity index (χ0) is 19.3. The Morgan fingerprint density at radius 3 is 2.23 bits per heavy atom.